The normalized spacial score (nSPS) is 15.9. The average molecular weight is 516 g/mol. The molecule has 1 saturated heterocycles. The molecule has 1 amide bonds. The lowest BCUT2D eigenvalue weighted by molar-refractivity contribution is -0.116. The standard InChI is InChI=1S/C29H33N5O2S/c1-32(37(36)28-8-4-6-23-5-2-3-7-27(23)28)18-15-29(35)31-24-9-11-25(12-10-24)33-19-21-34(22-20-33)26-13-16-30-17-14-26/h4-14,16-17H,2-3,15,18-22H2,1H3,(H,31,35). The molecule has 0 saturated carbocycles. The minimum Gasteiger partial charge on any atom is -0.368 e. The lowest BCUT2D eigenvalue weighted by Crippen LogP contribution is -2.46. The zero-order chi connectivity index (χ0) is 25.6. The van der Waals surface area contributed by atoms with Crippen molar-refractivity contribution in [2.24, 2.45) is 0 Å². The summed E-state index contributed by atoms with van der Waals surface area (Å²) in [5.74, 6) is -0.0856. The first-order valence-electron chi connectivity index (χ1n) is 12.8. The van der Waals surface area contributed by atoms with Gasteiger partial charge in [-0.1, -0.05) is 24.3 Å². The maximum Gasteiger partial charge on any atom is 0.225 e. The second-order valence-electron chi connectivity index (χ2n) is 9.37. The summed E-state index contributed by atoms with van der Waals surface area (Å²) in [6.07, 6.45) is 10.3. The minimum absolute atomic E-state index is 0.0856. The van der Waals surface area contributed by atoms with Gasteiger partial charge >= 0.3 is 0 Å². The molecule has 1 unspecified atom stereocenters. The summed E-state index contributed by atoms with van der Waals surface area (Å²) in [5.41, 5.74) is 3.14. The molecule has 1 aromatic heterocycles. The van der Waals surface area contributed by atoms with E-state index in [4.69, 9.17) is 0 Å². The molecule has 0 spiro atoms. The number of rotatable bonds is 8. The van der Waals surface area contributed by atoms with Crippen molar-refractivity contribution in [1.82, 2.24) is 9.29 Å². The smallest absolute Gasteiger partial charge is 0.225 e. The van der Waals surface area contributed by atoms with Crippen LogP contribution in [-0.4, -0.2) is 59.2 Å². The molecule has 1 fully saturated rings. The fourth-order valence-electron chi connectivity index (χ4n) is 4.84. The molecule has 7 nitrogen and oxygen atoms in total. The van der Waals surface area contributed by atoms with Crippen LogP contribution < -0.4 is 25.6 Å². The number of pyridine rings is 1. The van der Waals surface area contributed by atoms with Crippen molar-refractivity contribution in [3.05, 3.63) is 77.4 Å². The van der Waals surface area contributed by atoms with E-state index in [1.165, 1.54) is 5.69 Å². The van der Waals surface area contributed by atoms with E-state index in [2.05, 4.69) is 62.6 Å². The van der Waals surface area contributed by atoms with Gasteiger partial charge in [0.2, 0.25) is 5.91 Å². The molecule has 1 N–H and O–H groups in total. The molecular weight excluding hydrogens is 482 g/mol. The molecule has 192 valence electrons. The topological polar surface area (TPSA) is 68.8 Å². The molecule has 3 aromatic rings. The number of hydrogen-bond donors (Lipinski definition) is 1. The van der Waals surface area contributed by atoms with Gasteiger partial charge in [-0.3, -0.25) is 9.78 Å². The number of benzene rings is 2. The van der Waals surface area contributed by atoms with Crippen LogP contribution in [0.15, 0.2) is 71.9 Å². The monoisotopic (exact) mass is 515 g/mol. The van der Waals surface area contributed by atoms with E-state index in [0.717, 1.165) is 65.7 Å². The van der Waals surface area contributed by atoms with Crippen LogP contribution in [0.4, 0.5) is 17.1 Å². The number of carbonyl (C=O) groups is 1. The van der Waals surface area contributed by atoms with Crippen molar-refractivity contribution in [1.29, 1.82) is 0 Å². The van der Waals surface area contributed by atoms with Gasteiger partial charge in [0.1, 0.15) is 11.0 Å². The van der Waals surface area contributed by atoms with Crippen molar-refractivity contribution in [3.63, 3.8) is 0 Å². The van der Waals surface area contributed by atoms with Crippen molar-refractivity contribution >= 4 is 46.1 Å². The first-order valence-corrected chi connectivity index (χ1v) is 13.9. The van der Waals surface area contributed by atoms with Crippen LogP contribution in [0, 0.1) is 0 Å². The number of carbonyl (C=O) groups excluding carboxylic acids is 1. The van der Waals surface area contributed by atoms with E-state index < -0.39 is 11.0 Å². The summed E-state index contributed by atoms with van der Waals surface area (Å²) in [4.78, 5) is 22.3. The van der Waals surface area contributed by atoms with Crippen molar-refractivity contribution < 1.29 is 9.00 Å². The van der Waals surface area contributed by atoms with Gasteiger partial charge in [-0.15, -0.1) is 0 Å². The molecule has 0 bridgehead atoms. The van der Waals surface area contributed by atoms with Crippen LogP contribution in [0.1, 0.15) is 19.3 Å². The van der Waals surface area contributed by atoms with Gasteiger partial charge in [0.05, 0.1) is 4.90 Å². The molecule has 8 heteroatoms. The predicted octanol–water partition coefficient (Wildman–Crippen LogP) is 2.75. The Bertz CT molecular complexity index is 1370. The number of piperazine rings is 1. The number of anilines is 3. The zero-order valence-electron chi connectivity index (χ0n) is 21.2. The highest BCUT2D eigenvalue weighted by molar-refractivity contribution is 7.82. The van der Waals surface area contributed by atoms with Crippen LogP contribution in [0.25, 0.3) is 12.2 Å². The van der Waals surface area contributed by atoms with Crippen LogP contribution in [0.2, 0.25) is 0 Å². The molecule has 2 aromatic carbocycles. The van der Waals surface area contributed by atoms with Crippen LogP contribution in [0.3, 0.4) is 0 Å². The van der Waals surface area contributed by atoms with E-state index in [-0.39, 0.29) is 12.3 Å². The second kappa shape index (κ2) is 11.7. The Morgan fingerprint density at radius 2 is 1.57 bits per heavy atom. The molecule has 2 heterocycles. The SMILES string of the molecule is CN(CCC(=O)Nc1ccc(N2CCN(c3ccncc3)CC2)cc1)S(=O)c1cccc2c1=CCCC=2. The average Bonchev–Trinajstić information content (AvgIpc) is 2.96. The van der Waals surface area contributed by atoms with E-state index >= 15 is 0 Å². The Morgan fingerprint density at radius 3 is 2.27 bits per heavy atom. The van der Waals surface area contributed by atoms with Crippen molar-refractivity contribution in [3.8, 4) is 0 Å². The third-order valence-electron chi connectivity index (χ3n) is 6.93. The number of nitrogens with zero attached hydrogens (tertiary/aromatic N) is 4. The number of aromatic nitrogens is 1. The molecule has 5 rings (SSSR count). The number of hydrogen-bond acceptors (Lipinski definition) is 5. The Balaban J connectivity index is 1.11. The summed E-state index contributed by atoms with van der Waals surface area (Å²) in [7, 11) is 0.493. The minimum atomic E-state index is -1.31. The maximum atomic E-state index is 13.1. The molecule has 37 heavy (non-hydrogen) atoms. The fourth-order valence-corrected chi connectivity index (χ4v) is 6.02. The quantitative estimate of drug-likeness (QED) is 0.500. The first kappa shape index (κ1) is 25.2. The van der Waals surface area contributed by atoms with E-state index in [9.17, 15) is 9.00 Å². The highest BCUT2D eigenvalue weighted by atomic mass is 32.2. The Labute approximate surface area is 220 Å². The van der Waals surface area contributed by atoms with Crippen LogP contribution >= 0.6 is 0 Å². The maximum absolute atomic E-state index is 13.1. The van der Waals surface area contributed by atoms with Gasteiger partial charge in [-0.2, -0.15) is 0 Å². The summed E-state index contributed by atoms with van der Waals surface area (Å²) < 4.78 is 14.9. The lowest BCUT2D eigenvalue weighted by atomic mass is 10.1. The van der Waals surface area contributed by atoms with Gasteiger partial charge in [-0.05, 0) is 65.7 Å². The first-order chi connectivity index (χ1) is 18.1. The van der Waals surface area contributed by atoms with Crippen LogP contribution in [-0.2, 0) is 15.8 Å². The van der Waals surface area contributed by atoms with E-state index in [0.29, 0.717) is 6.54 Å². The van der Waals surface area contributed by atoms with E-state index in [1.807, 2.05) is 36.7 Å². The number of nitrogens with one attached hydrogen (secondary N) is 1. The van der Waals surface area contributed by atoms with Gasteiger partial charge in [0, 0.05) is 75.6 Å². The summed E-state index contributed by atoms with van der Waals surface area (Å²) in [5, 5.41) is 5.17. The van der Waals surface area contributed by atoms with Crippen molar-refractivity contribution in [2.75, 3.05) is 54.9 Å². The third kappa shape index (κ3) is 6.09. The van der Waals surface area contributed by atoms with Crippen LogP contribution in [0.5, 0.6) is 0 Å². The summed E-state index contributed by atoms with van der Waals surface area (Å²) >= 11 is 0. The largest absolute Gasteiger partial charge is 0.368 e. The summed E-state index contributed by atoms with van der Waals surface area (Å²) in [6.45, 7) is 4.21. The predicted molar refractivity (Wildman–Crippen MR) is 151 cm³/mol. The zero-order valence-corrected chi connectivity index (χ0v) is 22.0. The van der Waals surface area contributed by atoms with E-state index in [1.54, 1.807) is 11.4 Å². The Hall–Kier alpha value is -3.49. The van der Waals surface area contributed by atoms with Gasteiger partial charge in [-0.25, -0.2) is 8.51 Å². The highest BCUT2D eigenvalue weighted by Gasteiger charge is 2.18. The van der Waals surface area contributed by atoms with Gasteiger partial charge in [0.25, 0.3) is 0 Å². The third-order valence-corrected chi connectivity index (χ3v) is 8.41. The van der Waals surface area contributed by atoms with Gasteiger partial charge in [0.15, 0.2) is 0 Å². The lowest BCUT2D eigenvalue weighted by Gasteiger charge is -2.37. The Kier molecular flexibility index (Phi) is 7.96. The second-order valence-corrected chi connectivity index (χ2v) is 10.9. The van der Waals surface area contributed by atoms with Gasteiger partial charge < -0.3 is 15.1 Å². The molecule has 1 aliphatic heterocycles. The van der Waals surface area contributed by atoms with Crippen molar-refractivity contribution in [2.45, 2.75) is 24.2 Å². The molecule has 1 atom stereocenters. The molecule has 0 radical (unpaired) electrons. The number of amides is 1. The fraction of sp³-hybridized carbons (Fsp3) is 0.310. The summed E-state index contributed by atoms with van der Waals surface area (Å²) in [6, 6.07) is 18.1. The highest BCUT2D eigenvalue weighted by Crippen LogP contribution is 2.22. The molecule has 2 aliphatic rings. The Morgan fingerprint density at radius 1 is 0.919 bits per heavy atom. The molecule has 1 aliphatic carbocycles. The molecular formula is C29H33N5O2S. The number of fused-ring (bicyclic) bond motifs is 1.